The van der Waals surface area contributed by atoms with E-state index in [2.05, 4.69) is 18.5 Å². The lowest BCUT2D eigenvalue weighted by molar-refractivity contribution is -0.117. The maximum Gasteiger partial charge on any atom is 0.254 e. The molecule has 0 radical (unpaired) electrons. The van der Waals surface area contributed by atoms with Crippen LogP contribution in [0.5, 0.6) is 0 Å². The van der Waals surface area contributed by atoms with Gasteiger partial charge in [-0.2, -0.15) is 0 Å². The van der Waals surface area contributed by atoms with Gasteiger partial charge in [0.25, 0.3) is 5.91 Å². The van der Waals surface area contributed by atoms with Crippen molar-refractivity contribution < 1.29 is 9.59 Å². The summed E-state index contributed by atoms with van der Waals surface area (Å²) in [6.07, 6.45) is 5.27. The number of nitrogens with zero attached hydrogens (tertiary/aromatic N) is 1. The van der Waals surface area contributed by atoms with Crippen molar-refractivity contribution in [2.45, 2.75) is 12.8 Å². The van der Waals surface area contributed by atoms with Gasteiger partial charge in [-0.15, -0.1) is 13.2 Å². The zero-order valence-electron chi connectivity index (χ0n) is 12.0. The second-order valence-corrected chi connectivity index (χ2v) is 5.13. The van der Waals surface area contributed by atoms with Crippen LogP contribution in [-0.4, -0.2) is 29.8 Å². The number of hydrogen-bond acceptors (Lipinski definition) is 2. The van der Waals surface area contributed by atoms with Gasteiger partial charge in [0.15, 0.2) is 0 Å². The second-order valence-electron chi connectivity index (χ2n) is 5.13. The van der Waals surface area contributed by atoms with Crippen molar-refractivity contribution in [2.24, 2.45) is 5.92 Å². The topological polar surface area (TPSA) is 49.4 Å². The Kier molecular flexibility index (Phi) is 4.93. The molecule has 110 valence electrons. The van der Waals surface area contributed by atoms with Crippen LogP contribution in [0.2, 0.25) is 0 Å². The Morgan fingerprint density at radius 2 is 1.90 bits per heavy atom. The average molecular weight is 284 g/mol. The minimum absolute atomic E-state index is 0.0358. The maximum absolute atomic E-state index is 12.4. The van der Waals surface area contributed by atoms with E-state index in [-0.39, 0.29) is 17.7 Å². The van der Waals surface area contributed by atoms with E-state index in [1.807, 2.05) is 0 Å². The van der Waals surface area contributed by atoms with E-state index >= 15 is 0 Å². The van der Waals surface area contributed by atoms with E-state index in [4.69, 9.17) is 0 Å². The smallest absolute Gasteiger partial charge is 0.254 e. The average Bonchev–Trinajstić information content (AvgIpc) is 3.31. The largest absolute Gasteiger partial charge is 0.331 e. The molecule has 1 aliphatic rings. The van der Waals surface area contributed by atoms with Crippen LogP contribution in [-0.2, 0) is 4.79 Å². The predicted octanol–water partition coefficient (Wildman–Crippen LogP) is 2.85. The highest BCUT2D eigenvalue weighted by Gasteiger charge is 2.29. The third-order valence-electron chi connectivity index (χ3n) is 3.31. The van der Waals surface area contributed by atoms with Crippen LogP contribution in [0, 0.1) is 5.92 Å². The van der Waals surface area contributed by atoms with Gasteiger partial charge in [0, 0.05) is 30.3 Å². The van der Waals surface area contributed by atoms with Crippen molar-refractivity contribution >= 4 is 17.5 Å². The summed E-state index contributed by atoms with van der Waals surface area (Å²) in [5.74, 6) is 0.0772. The van der Waals surface area contributed by atoms with E-state index in [0.29, 0.717) is 24.3 Å². The molecule has 0 atom stereocenters. The Morgan fingerprint density at radius 3 is 2.48 bits per heavy atom. The van der Waals surface area contributed by atoms with Gasteiger partial charge in [0.2, 0.25) is 5.91 Å². The van der Waals surface area contributed by atoms with Crippen LogP contribution in [0.1, 0.15) is 23.2 Å². The summed E-state index contributed by atoms with van der Waals surface area (Å²) in [5.41, 5.74) is 1.21. The fourth-order valence-electron chi connectivity index (χ4n) is 2.05. The quantitative estimate of drug-likeness (QED) is 0.783. The zero-order valence-corrected chi connectivity index (χ0v) is 12.0. The minimum Gasteiger partial charge on any atom is -0.331 e. The van der Waals surface area contributed by atoms with Crippen molar-refractivity contribution in [3.8, 4) is 0 Å². The van der Waals surface area contributed by atoms with E-state index in [9.17, 15) is 9.59 Å². The zero-order chi connectivity index (χ0) is 15.2. The molecule has 2 amide bonds. The Morgan fingerprint density at radius 1 is 1.24 bits per heavy atom. The lowest BCUT2D eigenvalue weighted by atomic mass is 10.1. The fraction of sp³-hybridized carbons (Fsp3) is 0.294. The van der Waals surface area contributed by atoms with E-state index in [1.165, 1.54) is 0 Å². The van der Waals surface area contributed by atoms with Gasteiger partial charge in [-0.25, -0.2) is 0 Å². The molecule has 1 aromatic carbocycles. The molecule has 21 heavy (non-hydrogen) atoms. The van der Waals surface area contributed by atoms with Crippen molar-refractivity contribution in [1.29, 1.82) is 0 Å². The summed E-state index contributed by atoms with van der Waals surface area (Å²) in [4.78, 5) is 25.8. The Balaban J connectivity index is 2.10. The molecule has 1 aliphatic carbocycles. The second kappa shape index (κ2) is 6.88. The van der Waals surface area contributed by atoms with Gasteiger partial charge in [-0.05, 0) is 31.0 Å². The summed E-state index contributed by atoms with van der Waals surface area (Å²) in [7, 11) is 0. The van der Waals surface area contributed by atoms with Gasteiger partial charge < -0.3 is 10.2 Å². The van der Waals surface area contributed by atoms with Crippen LogP contribution in [0.15, 0.2) is 49.6 Å². The van der Waals surface area contributed by atoms with Gasteiger partial charge in [-0.1, -0.05) is 18.2 Å². The van der Waals surface area contributed by atoms with Crippen molar-refractivity contribution in [3.05, 3.63) is 55.1 Å². The Bertz CT molecular complexity index is 552. The number of anilines is 1. The van der Waals surface area contributed by atoms with Gasteiger partial charge in [0.05, 0.1) is 0 Å². The number of carbonyl (C=O) groups excluding carboxylic acids is 2. The number of amides is 2. The van der Waals surface area contributed by atoms with Crippen molar-refractivity contribution in [2.75, 3.05) is 18.4 Å². The molecule has 4 nitrogen and oxygen atoms in total. The molecule has 2 rings (SSSR count). The highest BCUT2D eigenvalue weighted by Crippen LogP contribution is 2.30. The highest BCUT2D eigenvalue weighted by molar-refractivity contribution is 5.98. The van der Waals surface area contributed by atoms with E-state index < -0.39 is 0 Å². The van der Waals surface area contributed by atoms with E-state index in [0.717, 1.165) is 12.8 Å². The Labute approximate surface area is 125 Å². The summed E-state index contributed by atoms with van der Waals surface area (Å²) in [6.45, 7) is 8.24. The number of carbonyl (C=O) groups is 2. The first kappa shape index (κ1) is 15.0. The molecule has 0 unspecified atom stereocenters. The third-order valence-corrected chi connectivity index (χ3v) is 3.31. The monoisotopic (exact) mass is 284 g/mol. The molecule has 1 aromatic rings. The number of hydrogen-bond donors (Lipinski definition) is 1. The molecule has 0 bridgehead atoms. The molecule has 1 N–H and O–H groups in total. The molecular weight excluding hydrogens is 264 g/mol. The molecular formula is C17H20N2O2. The van der Waals surface area contributed by atoms with E-state index in [1.54, 1.807) is 41.3 Å². The molecule has 1 saturated carbocycles. The lowest BCUT2D eigenvalue weighted by Crippen LogP contribution is -2.31. The van der Waals surface area contributed by atoms with Gasteiger partial charge >= 0.3 is 0 Å². The van der Waals surface area contributed by atoms with Crippen LogP contribution in [0.3, 0.4) is 0 Å². The molecule has 0 aliphatic heterocycles. The number of benzene rings is 1. The fourth-order valence-corrected chi connectivity index (χ4v) is 2.05. The van der Waals surface area contributed by atoms with Crippen LogP contribution in [0.25, 0.3) is 0 Å². The minimum atomic E-state index is -0.0997. The molecule has 1 fully saturated rings. The van der Waals surface area contributed by atoms with Crippen LogP contribution >= 0.6 is 0 Å². The summed E-state index contributed by atoms with van der Waals surface area (Å²) in [5, 5.41) is 2.85. The highest BCUT2D eigenvalue weighted by atomic mass is 16.2. The van der Waals surface area contributed by atoms with Gasteiger partial charge in [-0.3, -0.25) is 9.59 Å². The summed E-state index contributed by atoms with van der Waals surface area (Å²) < 4.78 is 0. The number of nitrogens with one attached hydrogen (secondary N) is 1. The standard InChI is InChI=1S/C17H20N2O2/c1-3-10-19(11-4-2)17(21)14-6-5-7-15(12-14)18-16(20)13-8-9-13/h3-7,12-13H,1-2,8-11H2,(H,18,20). The first-order valence-electron chi connectivity index (χ1n) is 7.07. The molecule has 0 heterocycles. The number of rotatable bonds is 7. The predicted molar refractivity (Wildman–Crippen MR) is 84.1 cm³/mol. The SMILES string of the molecule is C=CCN(CC=C)C(=O)c1cccc(NC(=O)C2CC2)c1. The molecule has 4 heteroatoms. The maximum atomic E-state index is 12.4. The van der Waals surface area contributed by atoms with Crippen LogP contribution < -0.4 is 5.32 Å². The first-order chi connectivity index (χ1) is 10.2. The summed E-state index contributed by atoms with van der Waals surface area (Å²) in [6, 6.07) is 7.02. The normalized spacial score (nSPS) is 13.3. The molecule has 0 aromatic heterocycles. The Hall–Kier alpha value is -2.36. The molecule has 0 spiro atoms. The molecule has 0 saturated heterocycles. The lowest BCUT2D eigenvalue weighted by Gasteiger charge is -2.19. The third kappa shape index (κ3) is 4.05. The van der Waals surface area contributed by atoms with Crippen LogP contribution in [0.4, 0.5) is 5.69 Å². The van der Waals surface area contributed by atoms with Gasteiger partial charge in [0.1, 0.15) is 0 Å². The first-order valence-corrected chi connectivity index (χ1v) is 7.07. The van der Waals surface area contributed by atoms with Crippen molar-refractivity contribution in [3.63, 3.8) is 0 Å². The summed E-state index contributed by atoms with van der Waals surface area (Å²) >= 11 is 0. The van der Waals surface area contributed by atoms with Crippen molar-refractivity contribution in [1.82, 2.24) is 4.90 Å².